The van der Waals surface area contributed by atoms with Crippen molar-refractivity contribution in [1.82, 2.24) is 29.7 Å². The quantitative estimate of drug-likeness (QED) is 0.780. The number of piperazine rings is 2. The summed E-state index contributed by atoms with van der Waals surface area (Å²) in [6.45, 7) is 13.4. The van der Waals surface area contributed by atoms with Crippen LogP contribution < -0.4 is 9.80 Å². The highest BCUT2D eigenvalue weighted by atomic mass is 15.3. The molecule has 0 saturated carbocycles. The van der Waals surface area contributed by atoms with E-state index in [9.17, 15) is 0 Å². The van der Waals surface area contributed by atoms with Crippen LogP contribution >= 0.6 is 0 Å². The molecule has 0 aromatic carbocycles. The first-order valence-electron chi connectivity index (χ1n) is 10.2. The molecule has 4 rings (SSSR count). The average Bonchev–Trinajstić information content (AvgIpc) is 2.74. The molecule has 0 amide bonds. The van der Waals surface area contributed by atoms with Gasteiger partial charge in [-0.25, -0.2) is 19.9 Å². The molecule has 0 spiro atoms. The second-order valence-corrected chi connectivity index (χ2v) is 7.62. The number of hydrogen-bond acceptors (Lipinski definition) is 8. The van der Waals surface area contributed by atoms with Crippen LogP contribution in [0.25, 0.3) is 11.3 Å². The maximum Gasteiger partial charge on any atom is 0.225 e. The highest BCUT2D eigenvalue weighted by molar-refractivity contribution is 5.62. The Kier molecular flexibility index (Phi) is 5.68. The van der Waals surface area contributed by atoms with Gasteiger partial charge in [-0.1, -0.05) is 6.92 Å². The molecule has 2 fully saturated rings. The summed E-state index contributed by atoms with van der Waals surface area (Å²) < 4.78 is 0. The zero-order valence-electron chi connectivity index (χ0n) is 17.2. The standard InChI is InChI=1S/C20H30N8/c1-4-26-9-13-28(14-10-26)19-21-6-5-18(24-19)17-15-22-20(23-16(17)2)27-11-7-25(3)8-12-27/h5-6,15H,4,7-14H2,1-3H3. The summed E-state index contributed by atoms with van der Waals surface area (Å²) in [5.74, 6) is 1.62. The lowest BCUT2D eigenvalue weighted by Gasteiger charge is -2.34. The lowest BCUT2D eigenvalue weighted by molar-refractivity contribution is 0.270. The first-order valence-corrected chi connectivity index (χ1v) is 10.2. The Morgan fingerprint density at radius 2 is 1.50 bits per heavy atom. The monoisotopic (exact) mass is 382 g/mol. The fourth-order valence-electron chi connectivity index (χ4n) is 3.78. The fourth-order valence-corrected chi connectivity index (χ4v) is 3.78. The van der Waals surface area contributed by atoms with E-state index in [1.165, 1.54) is 0 Å². The molecule has 2 aromatic heterocycles. The van der Waals surface area contributed by atoms with E-state index in [1.807, 2.05) is 25.4 Å². The molecular formula is C20H30N8. The van der Waals surface area contributed by atoms with Crippen molar-refractivity contribution in [2.24, 2.45) is 0 Å². The van der Waals surface area contributed by atoms with Crippen LogP contribution in [-0.4, -0.2) is 95.7 Å². The molecule has 0 N–H and O–H groups in total. The first kappa shape index (κ1) is 19.0. The third kappa shape index (κ3) is 4.07. The van der Waals surface area contributed by atoms with E-state index in [-0.39, 0.29) is 0 Å². The number of hydrogen-bond donors (Lipinski definition) is 0. The summed E-state index contributed by atoms with van der Waals surface area (Å²) >= 11 is 0. The summed E-state index contributed by atoms with van der Waals surface area (Å²) in [5.41, 5.74) is 2.84. The van der Waals surface area contributed by atoms with Gasteiger partial charge in [-0.15, -0.1) is 0 Å². The van der Waals surface area contributed by atoms with Crippen molar-refractivity contribution in [3.05, 3.63) is 24.2 Å². The minimum Gasteiger partial charge on any atom is -0.338 e. The van der Waals surface area contributed by atoms with Gasteiger partial charge in [-0.2, -0.15) is 0 Å². The number of aromatic nitrogens is 4. The third-order valence-corrected chi connectivity index (χ3v) is 5.77. The third-order valence-electron chi connectivity index (χ3n) is 5.77. The summed E-state index contributed by atoms with van der Waals surface area (Å²) in [4.78, 5) is 28.1. The molecule has 150 valence electrons. The molecule has 0 unspecified atom stereocenters. The van der Waals surface area contributed by atoms with Gasteiger partial charge in [0.1, 0.15) is 0 Å². The minimum absolute atomic E-state index is 0.802. The summed E-state index contributed by atoms with van der Waals surface area (Å²) in [5, 5.41) is 0. The zero-order chi connectivity index (χ0) is 19.5. The molecule has 2 aliphatic heterocycles. The van der Waals surface area contributed by atoms with Crippen LogP contribution in [0.1, 0.15) is 12.6 Å². The molecule has 4 heterocycles. The molecule has 28 heavy (non-hydrogen) atoms. The fraction of sp³-hybridized carbons (Fsp3) is 0.600. The van der Waals surface area contributed by atoms with Gasteiger partial charge in [-0.05, 0) is 26.6 Å². The summed E-state index contributed by atoms with van der Waals surface area (Å²) in [7, 11) is 2.15. The second-order valence-electron chi connectivity index (χ2n) is 7.62. The number of rotatable bonds is 4. The Balaban J connectivity index is 1.51. The number of likely N-dealkylation sites (N-methyl/N-ethyl adjacent to an activating group) is 2. The molecule has 0 atom stereocenters. The van der Waals surface area contributed by atoms with Crippen molar-refractivity contribution in [1.29, 1.82) is 0 Å². The number of nitrogens with zero attached hydrogens (tertiary/aromatic N) is 8. The van der Waals surface area contributed by atoms with E-state index in [2.05, 4.69) is 43.5 Å². The van der Waals surface area contributed by atoms with Gasteiger partial charge in [-0.3, -0.25) is 0 Å². The Labute approximate surface area is 167 Å². The summed E-state index contributed by atoms with van der Waals surface area (Å²) in [6.07, 6.45) is 3.76. The molecule has 0 aliphatic carbocycles. The van der Waals surface area contributed by atoms with Crippen molar-refractivity contribution >= 4 is 11.9 Å². The SMILES string of the molecule is CCN1CCN(c2nccc(-c3cnc(N4CCN(C)CC4)nc3C)n2)CC1. The molecule has 2 aromatic rings. The van der Waals surface area contributed by atoms with Crippen molar-refractivity contribution in [2.45, 2.75) is 13.8 Å². The van der Waals surface area contributed by atoms with E-state index < -0.39 is 0 Å². The van der Waals surface area contributed by atoms with Gasteiger partial charge < -0.3 is 19.6 Å². The normalized spacial score (nSPS) is 19.2. The average molecular weight is 383 g/mol. The lowest BCUT2D eigenvalue weighted by atomic mass is 10.2. The van der Waals surface area contributed by atoms with Gasteiger partial charge in [0, 0.05) is 70.3 Å². The largest absolute Gasteiger partial charge is 0.338 e. The zero-order valence-corrected chi connectivity index (χ0v) is 17.2. The van der Waals surface area contributed by atoms with Crippen molar-refractivity contribution in [2.75, 3.05) is 75.8 Å². The van der Waals surface area contributed by atoms with Crippen LogP contribution in [0.3, 0.4) is 0 Å². The van der Waals surface area contributed by atoms with Crippen molar-refractivity contribution in [3.63, 3.8) is 0 Å². The van der Waals surface area contributed by atoms with E-state index in [0.29, 0.717) is 0 Å². The molecule has 2 aliphatic rings. The molecule has 0 bridgehead atoms. The highest BCUT2D eigenvalue weighted by Crippen LogP contribution is 2.23. The van der Waals surface area contributed by atoms with E-state index in [4.69, 9.17) is 9.97 Å². The van der Waals surface area contributed by atoms with E-state index in [1.54, 1.807) is 0 Å². The van der Waals surface area contributed by atoms with Gasteiger partial charge >= 0.3 is 0 Å². The van der Waals surface area contributed by atoms with Crippen LogP contribution in [-0.2, 0) is 0 Å². The van der Waals surface area contributed by atoms with Crippen LogP contribution in [0.5, 0.6) is 0 Å². The van der Waals surface area contributed by atoms with Crippen LogP contribution in [0, 0.1) is 6.92 Å². The smallest absolute Gasteiger partial charge is 0.225 e. The van der Waals surface area contributed by atoms with Gasteiger partial charge in [0.25, 0.3) is 0 Å². The minimum atomic E-state index is 0.802. The number of aryl methyl sites for hydroxylation is 1. The summed E-state index contributed by atoms with van der Waals surface area (Å²) in [6, 6.07) is 1.95. The number of anilines is 2. The lowest BCUT2D eigenvalue weighted by Crippen LogP contribution is -2.46. The molecule has 0 radical (unpaired) electrons. The predicted octanol–water partition coefficient (Wildman–Crippen LogP) is 1.14. The Hall–Kier alpha value is -2.32. The maximum absolute atomic E-state index is 4.83. The Bertz CT molecular complexity index is 795. The van der Waals surface area contributed by atoms with E-state index in [0.717, 1.165) is 87.8 Å². The van der Waals surface area contributed by atoms with Crippen molar-refractivity contribution < 1.29 is 0 Å². The molecular weight excluding hydrogens is 352 g/mol. The van der Waals surface area contributed by atoms with Crippen LogP contribution in [0.4, 0.5) is 11.9 Å². The van der Waals surface area contributed by atoms with Gasteiger partial charge in [0.05, 0.1) is 11.4 Å². The van der Waals surface area contributed by atoms with Crippen LogP contribution in [0.15, 0.2) is 18.5 Å². The maximum atomic E-state index is 4.83. The highest BCUT2D eigenvalue weighted by Gasteiger charge is 2.20. The Morgan fingerprint density at radius 1 is 0.857 bits per heavy atom. The topological polar surface area (TPSA) is 64.5 Å². The second kappa shape index (κ2) is 8.36. The van der Waals surface area contributed by atoms with E-state index >= 15 is 0 Å². The van der Waals surface area contributed by atoms with Crippen molar-refractivity contribution in [3.8, 4) is 11.3 Å². The molecule has 8 nitrogen and oxygen atoms in total. The first-order chi connectivity index (χ1) is 13.6. The molecule has 2 saturated heterocycles. The molecule has 8 heteroatoms. The van der Waals surface area contributed by atoms with Crippen LogP contribution in [0.2, 0.25) is 0 Å². The van der Waals surface area contributed by atoms with Gasteiger partial charge in [0.15, 0.2) is 0 Å². The van der Waals surface area contributed by atoms with Gasteiger partial charge in [0.2, 0.25) is 11.9 Å². The predicted molar refractivity (Wildman–Crippen MR) is 112 cm³/mol. The Morgan fingerprint density at radius 3 is 2.14 bits per heavy atom.